The predicted molar refractivity (Wildman–Crippen MR) is 82.1 cm³/mol. The second-order valence-electron chi connectivity index (χ2n) is 3.98. The van der Waals surface area contributed by atoms with Gasteiger partial charge in [0.25, 0.3) is 0 Å². The fourth-order valence-corrected chi connectivity index (χ4v) is 2.24. The van der Waals surface area contributed by atoms with Crippen molar-refractivity contribution in [3.63, 3.8) is 0 Å². The Labute approximate surface area is 129 Å². The Bertz CT molecular complexity index is 614. The zero-order chi connectivity index (χ0) is 14.5. The van der Waals surface area contributed by atoms with Crippen LogP contribution < -0.4 is 9.47 Å². The van der Waals surface area contributed by atoms with E-state index in [4.69, 9.17) is 9.47 Å². The molecule has 20 heavy (non-hydrogen) atoms. The molecular formula is C15H12FIO3. The van der Waals surface area contributed by atoms with Gasteiger partial charge in [-0.15, -0.1) is 0 Å². The number of ether oxygens (including phenoxy) is 2. The molecule has 0 atom stereocenters. The van der Waals surface area contributed by atoms with Crippen molar-refractivity contribution in [2.24, 2.45) is 0 Å². The summed E-state index contributed by atoms with van der Waals surface area (Å²) in [6, 6.07) is 11.2. The van der Waals surface area contributed by atoms with Crippen LogP contribution in [0.15, 0.2) is 42.5 Å². The summed E-state index contributed by atoms with van der Waals surface area (Å²) in [5, 5.41) is 0. The van der Waals surface area contributed by atoms with E-state index >= 15 is 0 Å². The Kier molecular flexibility index (Phi) is 4.94. The van der Waals surface area contributed by atoms with Gasteiger partial charge in [0.1, 0.15) is 5.82 Å². The molecule has 0 aromatic heterocycles. The number of benzene rings is 2. The van der Waals surface area contributed by atoms with E-state index in [1.807, 2.05) is 0 Å². The van der Waals surface area contributed by atoms with Crippen LogP contribution in [0, 0.1) is 5.82 Å². The van der Waals surface area contributed by atoms with Gasteiger partial charge in [-0.05, 0) is 18.2 Å². The Morgan fingerprint density at radius 2 is 1.90 bits per heavy atom. The van der Waals surface area contributed by atoms with E-state index in [0.717, 1.165) is 0 Å². The zero-order valence-corrected chi connectivity index (χ0v) is 12.9. The number of alkyl halides is 1. The summed E-state index contributed by atoms with van der Waals surface area (Å²) in [7, 11) is 1.45. The van der Waals surface area contributed by atoms with Gasteiger partial charge in [-0.1, -0.05) is 40.8 Å². The normalized spacial score (nSPS) is 10.2. The SMILES string of the molecule is COc1cc(CI)c(F)cc1OC(=O)c1ccccc1. The number of esters is 1. The second-order valence-corrected chi connectivity index (χ2v) is 4.75. The molecule has 0 fully saturated rings. The quantitative estimate of drug-likeness (QED) is 0.345. The molecule has 5 heteroatoms. The number of methoxy groups -OCH3 is 1. The molecule has 2 rings (SSSR count). The van der Waals surface area contributed by atoms with Gasteiger partial charge < -0.3 is 9.47 Å². The predicted octanol–water partition coefficient (Wildman–Crippen LogP) is 3.99. The first-order valence-corrected chi connectivity index (χ1v) is 7.38. The topological polar surface area (TPSA) is 35.5 Å². The van der Waals surface area contributed by atoms with E-state index in [1.165, 1.54) is 19.2 Å². The van der Waals surface area contributed by atoms with Crippen molar-refractivity contribution in [3.05, 3.63) is 59.4 Å². The lowest BCUT2D eigenvalue weighted by molar-refractivity contribution is 0.0729. The molecule has 0 heterocycles. The van der Waals surface area contributed by atoms with Crippen molar-refractivity contribution in [2.45, 2.75) is 4.43 Å². The lowest BCUT2D eigenvalue weighted by Gasteiger charge is -2.11. The van der Waals surface area contributed by atoms with Crippen LogP contribution in [0.2, 0.25) is 0 Å². The number of carbonyl (C=O) groups excluding carboxylic acids is 1. The molecule has 0 unspecified atom stereocenters. The number of rotatable bonds is 4. The smallest absolute Gasteiger partial charge is 0.343 e. The van der Waals surface area contributed by atoms with E-state index in [1.54, 1.807) is 30.3 Å². The van der Waals surface area contributed by atoms with Gasteiger partial charge in [0, 0.05) is 16.1 Å². The van der Waals surface area contributed by atoms with Gasteiger partial charge in [-0.25, -0.2) is 9.18 Å². The summed E-state index contributed by atoms with van der Waals surface area (Å²) in [4.78, 5) is 11.9. The van der Waals surface area contributed by atoms with Crippen molar-refractivity contribution in [1.29, 1.82) is 0 Å². The van der Waals surface area contributed by atoms with Gasteiger partial charge in [0.2, 0.25) is 0 Å². The Morgan fingerprint density at radius 3 is 2.50 bits per heavy atom. The monoisotopic (exact) mass is 386 g/mol. The average Bonchev–Trinajstić information content (AvgIpc) is 2.48. The minimum Gasteiger partial charge on any atom is -0.493 e. The molecule has 0 spiro atoms. The molecule has 2 aromatic rings. The van der Waals surface area contributed by atoms with Crippen molar-refractivity contribution in [1.82, 2.24) is 0 Å². The first-order chi connectivity index (χ1) is 9.65. The highest BCUT2D eigenvalue weighted by molar-refractivity contribution is 14.1. The number of hydrogen-bond donors (Lipinski definition) is 0. The lowest BCUT2D eigenvalue weighted by atomic mass is 10.2. The van der Waals surface area contributed by atoms with Gasteiger partial charge in [0.15, 0.2) is 11.5 Å². The number of carbonyl (C=O) groups is 1. The molecule has 0 aliphatic carbocycles. The van der Waals surface area contributed by atoms with Crippen LogP contribution in [0.1, 0.15) is 15.9 Å². The van der Waals surface area contributed by atoms with E-state index in [9.17, 15) is 9.18 Å². The lowest BCUT2D eigenvalue weighted by Crippen LogP contribution is -2.09. The van der Waals surface area contributed by atoms with Crippen molar-refractivity contribution in [2.75, 3.05) is 7.11 Å². The first-order valence-electron chi connectivity index (χ1n) is 5.85. The second kappa shape index (κ2) is 6.69. The van der Waals surface area contributed by atoms with E-state index in [0.29, 0.717) is 21.3 Å². The zero-order valence-electron chi connectivity index (χ0n) is 10.7. The standard InChI is InChI=1S/C15H12FIO3/c1-19-13-7-11(9-17)12(16)8-14(13)20-15(18)10-5-3-2-4-6-10/h2-8H,9H2,1H3. The fraction of sp³-hybridized carbons (Fsp3) is 0.133. The maximum Gasteiger partial charge on any atom is 0.343 e. The highest BCUT2D eigenvalue weighted by Gasteiger charge is 2.15. The molecular weight excluding hydrogens is 374 g/mol. The third-order valence-electron chi connectivity index (χ3n) is 2.69. The maximum atomic E-state index is 13.8. The van der Waals surface area contributed by atoms with E-state index in [-0.39, 0.29) is 5.75 Å². The molecule has 0 radical (unpaired) electrons. The van der Waals surface area contributed by atoms with Crippen LogP contribution in [-0.2, 0) is 4.43 Å². The van der Waals surface area contributed by atoms with Gasteiger partial charge >= 0.3 is 5.97 Å². The molecule has 3 nitrogen and oxygen atoms in total. The third kappa shape index (κ3) is 3.27. The van der Waals surface area contributed by atoms with Crippen molar-refractivity contribution in [3.8, 4) is 11.5 Å². The van der Waals surface area contributed by atoms with E-state index in [2.05, 4.69) is 22.6 Å². The molecule has 2 aromatic carbocycles. The van der Waals surface area contributed by atoms with Crippen LogP contribution >= 0.6 is 22.6 Å². The summed E-state index contributed by atoms with van der Waals surface area (Å²) >= 11 is 2.06. The van der Waals surface area contributed by atoms with Gasteiger partial charge in [-0.3, -0.25) is 0 Å². The van der Waals surface area contributed by atoms with Crippen LogP contribution in [-0.4, -0.2) is 13.1 Å². The van der Waals surface area contributed by atoms with Crippen molar-refractivity contribution >= 4 is 28.6 Å². The summed E-state index contributed by atoms with van der Waals surface area (Å²) < 4.78 is 24.6. The molecule has 0 saturated heterocycles. The fourth-order valence-electron chi connectivity index (χ4n) is 1.65. The average molecular weight is 386 g/mol. The van der Waals surface area contributed by atoms with Gasteiger partial charge in [-0.2, -0.15) is 0 Å². The number of hydrogen-bond acceptors (Lipinski definition) is 3. The Morgan fingerprint density at radius 1 is 1.20 bits per heavy atom. The van der Waals surface area contributed by atoms with Crippen LogP contribution in [0.5, 0.6) is 11.5 Å². The summed E-state index contributed by atoms with van der Waals surface area (Å²) in [6.07, 6.45) is 0. The molecule has 0 bridgehead atoms. The maximum absolute atomic E-state index is 13.8. The molecule has 104 valence electrons. The summed E-state index contributed by atoms with van der Waals surface area (Å²) in [5.41, 5.74) is 0.898. The first kappa shape index (κ1) is 14.8. The number of halogens is 2. The highest BCUT2D eigenvalue weighted by Crippen LogP contribution is 2.31. The third-order valence-corrected chi connectivity index (χ3v) is 3.51. The Balaban J connectivity index is 2.29. The minimum atomic E-state index is -0.550. The van der Waals surface area contributed by atoms with Crippen molar-refractivity contribution < 1.29 is 18.7 Å². The van der Waals surface area contributed by atoms with Crippen LogP contribution in [0.4, 0.5) is 4.39 Å². The summed E-state index contributed by atoms with van der Waals surface area (Å²) in [5.74, 6) is -0.559. The van der Waals surface area contributed by atoms with Gasteiger partial charge in [0.05, 0.1) is 12.7 Å². The summed E-state index contributed by atoms with van der Waals surface area (Å²) in [6.45, 7) is 0. The van der Waals surface area contributed by atoms with E-state index < -0.39 is 11.8 Å². The van der Waals surface area contributed by atoms with Crippen LogP contribution in [0.3, 0.4) is 0 Å². The molecule has 0 aliphatic heterocycles. The Hall–Kier alpha value is -1.63. The molecule has 0 aliphatic rings. The largest absolute Gasteiger partial charge is 0.493 e. The van der Waals surface area contributed by atoms with Crippen LogP contribution in [0.25, 0.3) is 0 Å². The molecule has 0 amide bonds. The molecule has 0 N–H and O–H groups in total. The minimum absolute atomic E-state index is 0.0763. The molecule has 0 saturated carbocycles. The highest BCUT2D eigenvalue weighted by atomic mass is 127.